The van der Waals surface area contributed by atoms with Gasteiger partial charge in [0.05, 0.1) is 5.56 Å². The Kier molecular flexibility index (Phi) is 3.93. The maximum Gasteiger partial charge on any atom is 0.257 e. The fourth-order valence-electron chi connectivity index (χ4n) is 1.73. The summed E-state index contributed by atoms with van der Waals surface area (Å²) >= 11 is 0. The van der Waals surface area contributed by atoms with E-state index in [2.05, 4.69) is 10.6 Å². The summed E-state index contributed by atoms with van der Waals surface area (Å²) in [5.74, 6) is -4.84. The standard InChI is InChI=1S/C14H11F3N2O/c1-18-12-5-3-2-4-9(12)14(20)19-8-6-10(15)13(17)11(16)7-8/h2-7,18H,1H3,(H,19,20). The normalized spacial score (nSPS) is 10.2. The summed E-state index contributed by atoms with van der Waals surface area (Å²) in [4.78, 5) is 12.0. The Morgan fingerprint density at radius 1 is 1.05 bits per heavy atom. The van der Waals surface area contributed by atoms with Crippen molar-refractivity contribution in [1.29, 1.82) is 0 Å². The Morgan fingerprint density at radius 3 is 2.25 bits per heavy atom. The number of halogens is 3. The Labute approximate surface area is 113 Å². The minimum Gasteiger partial charge on any atom is -0.387 e. The lowest BCUT2D eigenvalue weighted by Gasteiger charge is -2.10. The number of anilines is 2. The summed E-state index contributed by atoms with van der Waals surface area (Å²) in [6, 6.07) is 8.07. The van der Waals surface area contributed by atoms with E-state index in [4.69, 9.17) is 0 Å². The van der Waals surface area contributed by atoms with Crippen molar-refractivity contribution in [3.63, 3.8) is 0 Å². The molecule has 0 aliphatic heterocycles. The Morgan fingerprint density at radius 2 is 1.65 bits per heavy atom. The summed E-state index contributed by atoms with van der Waals surface area (Å²) in [6.45, 7) is 0. The van der Waals surface area contributed by atoms with Gasteiger partial charge in [0.2, 0.25) is 0 Å². The third-order valence-electron chi connectivity index (χ3n) is 2.68. The monoisotopic (exact) mass is 280 g/mol. The van der Waals surface area contributed by atoms with Crippen molar-refractivity contribution in [2.45, 2.75) is 0 Å². The number of nitrogens with one attached hydrogen (secondary N) is 2. The van der Waals surface area contributed by atoms with E-state index in [0.29, 0.717) is 11.3 Å². The van der Waals surface area contributed by atoms with E-state index >= 15 is 0 Å². The van der Waals surface area contributed by atoms with Gasteiger partial charge in [-0.3, -0.25) is 4.79 Å². The molecule has 6 heteroatoms. The zero-order valence-electron chi connectivity index (χ0n) is 10.5. The first-order valence-electron chi connectivity index (χ1n) is 5.75. The van der Waals surface area contributed by atoms with E-state index in [9.17, 15) is 18.0 Å². The molecule has 0 heterocycles. The highest BCUT2D eigenvalue weighted by Gasteiger charge is 2.14. The van der Waals surface area contributed by atoms with Crippen LogP contribution in [-0.2, 0) is 0 Å². The van der Waals surface area contributed by atoms with Crippen LogP contribution in [0.4, 0.5) is 24.5 Å². The first kappa shape index (κ1) is 13.9. The number of rotatable bonds is 3. The van der Waals surface area contributed by atoms with Gasteiger partial charge in [-0.05, 0) is 12.1 Å². The zero-order valence-corrected chi connectivity index (χ0v) is 10.5. The number of amides is 1. The van der Waals surface area contributed by atoms with Crippen LogP contribution in [0.2, 0.25) is 0 Å². The van der Waals surface area contributed by atoms with Crippen LogP contribution in [0.3, 0.4) is 0 Å². The van der Waals surface area contributed by atoms with Crippen LogP contribution >= 0.6 is 0 Å². The molecule has 0 atom stereocenters. The lowest BCUT2D eigenvalue weighted by atomic mass is 10.1. The second-order valence-corrected chi connectivity index (χ2v) is 4.00. The van der Waals surface area contributed by atoms with Gasteiger partial charge in [0, 0.05) is 30.6 Å². The maximum absolute atomic E-state index is 13.1. The van der Waals surface area contributed by atoms with Crippen molar-refractivity contribution in [2.24, 2.45) is 0 Å². The summed E-state index contributed by atoms with van der Waals surface area (Å²) in [5, 5.41) is 5.14. The molecule has 0 radical (unpaired) electrons. The van der Waals surface area contributed by atoms with Gasteiger partial charge in [0.25, 0.3) is 5.91 Å². The topological polar surface area (TPSA) is 41.1 Å². The third-order valence-corrected chi connectivity index (χ3v) is 2.68. The van der Waals surface area contributed by atoms with Gasteiger partial charge in [-0.25, -0.2) is 13.2 Å². The van der Waals surface area contributed by atoms with Crippen molar-refractivity contribution in [3.8, 4) is 0 Å². The molecule has 0 fully saturated rings. The van der Waals surface area contributed by atoms with Crippen molar-refractivity contribution >= 4 is 17.3 Å². The van der Waals surface area contributed by atoms with Crippen molar-refractivity contribution in [1.82, 2.24) is 0 Å². The van der Waals surface area contributed by atoms with Crippen molar-refractivity contribution < 1.29 is 18.0 Å². The molecule has 0 bridgehead atoms. The predicted molar refractivity (Wildman–Crippen MR) is 70.3 cm³/mol. The van der Waals surface area contributed by atoms with Gasteiger partial charge >= 0.3 is 0 Å². The lowest BCUT2D eigenvalue weighted by molar-refractivity contribution is 0.102. The molecule has 0 aliphatic rings. The van der Waals surface area contributed by atoms with E-state index in [1.54, 1.807) is 31.3 Å². The predicted octanol–water partition coefficient (Wildman–Crippen LogP) is 3.40. The molecule has 1 amide bonds. The Bertz CT molecular complexity index is 636. The Balaban J connectivity index is 2.28. The van der Waals surface area contributed by atoms with Crippen LogP contribution in [0.25, 0.3) is 0 Å². The smallest absolute Gasteiger partial charge is 0.257 e. The lowest BCUT2D eigenvalue weighted by Crippen LogP contribution is -2.14. The van der Waals surface area contributed by atoms with Crippen LogP contribution in [0.5, 0.6) is 0 Å². The van der Waals surface area contributed by atoms with Crippen molar-refractivity contribution in [3.05, 3.63) is 59.4 Å². The van der Waals surface area contributed by atoms with E-state index in [0.717, 1.165) is 12.1 Å². The van der Waals surface area contributed by atoms with Gasteiger partial charge in [-0.1, -0.05) is 12.1 Å². The molecule has 20 heavy (non-hydrogen) atoms. The number of hydrogen-bond donors (Lipinski definition) is 2. The minimum absolute atomic E-state index is 0.155. The van der Waals surface area contributed by atoms with E-state index in [-0.39, 0.29) is 5.69 Å². The number of benzene rings is 2. The van der Waals surface area contributed by atoms with Crippen LogP contribution in [-0.4, -0.2) is 13.0 Å². The molecule has 0 saturated carbocycles. The third kappa shape index (κ3) is 2.74. The highest BCUT2D eigenvalue weighted by Crippen LogP contribution is 2.20. The fraction of sp³-hybridized carbons (Fsp3) is 0.0714. The minimum atomic E-state index is -1.57. The SMILES string of the molecule is CNc1ccccc1C(=O)Nc1cc(F)c(F)c(F)c1. The molecule has 2 rings (SSSR count). The number of carbonyl (C=O) groups excluding carboxylic acids is 1. The van der Waals surface area contributed by atoms with Gasteiger partial charge < -0.3 is 10.6 Å². The van der Waals surface area contributed by atoms with Gasteiger partial charge in [-0.2, -0.15) is 0 Å². The Hall–Kier alpha value is -2.50. The van der Waals surface area contributed by atoms with E-state index in [1.807, 2.05) is 0 Å². The molecule has 0 spiro atoms. The maximum atomic E-state index is 13.1. The largest absolute Gasteiger partial charge is 0.387 e. The first-order chi connectivity index (χ1) is 9.52. The second-order valence-electron chi connectivity index (χ2n) is 4.00. The highest BCUT2D eigenvalue weighted by atomic mass is 19.2. The van der Waals surface area contributed by atoms with E-state index < -0.39 is 23.4 Å². The first-order valence-corrected chi connectivity index (χ1v) is 5.75. The van der Waals surface area contributed by atoms with Crippen LogP contribution in [0.1, 0.15) is 10.4 Å². The number of hydrogen-bond acceptors (Lipinski definition) is 2. The summed E-state index contributed by atoms with van der Waals surface area (Å²) < 4.78 is 38.9. The molecular weight excluding hydrogens is 269 g/mol. The molecule has 2 aromatic rings. The zero-order chi connectivity index (χ0) is 14.7. The molecule has 0 unspecified atom stereocenters. The van der Waals surface area contributed by atoms with Crippen molar-refractivity contribution in [2.75, 3.05) is 17.7 Å². The molecule has 3 nitrogen and oxygen atoms in total. The average molecular weight is 280 g/mol. The van der Waals surface area contributed by atoms with Crippen LogP contribution < -0.4 is 10.6 Å². The summed E-state index contributed by atoms with van der Waals surface area (Å²) in [5.41, 5.74) is 0.713. The number of para-hydroxylation sites is 1. The molecule has 0 aliphatic carbocycles. The summed E-state index contributed by atoms with van der Waals surface area (Å²) in [7, 11) is 1.64. The molecular formula is C14H11F3N2O. The second kappa shape index (κ2) is 5.64. The molecule has 2 aromatic carbocycles. The fourth-order valence-corrected chi connectivity index (χ4v) is 1.73. The number of carbonyl (C=O) groups is 1. The quantitative estimate of drug-likeness (QED) is 0.846. The summed E-state index contributed by atoms with van der Waals surface area (Å²) in [6.07, 6.45) is 0. The van der Waals surface area contributed by atoms with Gasteiger partial charge in [0.1, 0.15) is 0 Å². The van der Waals surface area contributed by atoms with Gasteiger partial charge in [-0.15, -0.1) is 0 Å². The van der Waals surface area contributed by atoms with Gasteiger partial charge in [0.15, 0.2) is 17.5 Å². The molecule has 104 valence electrons. The molecule has 2 N–H and O–H groups in total. The van der Waals surface area contributed by atoms with E-state index in [1.165, 1.54) is 0 Å². The van der Waals surface area contributed by atoms with Crippen LogP contribution in [0, 0.1) is 17.5 Å². The highest BCUT2D eigenvalue weighted by molar-refractivity contribution is 6.08. The molecule has 0 aromatic heterocycles. The average Bonchev–Trinajstić information content (AvgIpc) is 2.44. The van der Waals surface area contributed by atoms with Crippen LogP contribution in [0.15, 0.2) is 36.4 Å². The molecule has 0 saturated heterocycles.